The van der Waals surface area contributed by atoms with Crippen LogP contribution in [0.2, 0.25) is 0 Å². The van der Waals surface area contributed by atoms with Crippen LogP contribution in [-0.4, -0.2) is 30.1 Å². The predicted octanol–water partition coefficient (Wildman–Crippen LogP) is 1.35. The van der Waals surface area contributed by atoms with E-state index in [4.69, 9.17) is 5.73 Å². The lowest BCUT2D eigenvalue weighted by molar-refractivity contribution is 0.272. The number of nitrogens with two attached hydrogens (primary N) is 1. The number of hydrogen-bond acceptors (Lipinski definition) is 2. The lowest BCUT2D eigenvalue weighted by Gasteiger charge is -2.18. The van der Waals surface area contributed by atoms with Gasteiger partial charge in [-0.1, -0.05) is 12.8 Å². The molecule has 13 heavy (non-hydrogen) atoms. The Balaban J connectivity index is 1.63. The first-order valence-electron chi connectivity index (χ1n) is 5.80. The zero-order chi connectivity index (χ0) is 8.89. The van der Waals surface area contributed by atoms with Crippen LogP contribution in [0.3, 0.4) is 0 Å². The van der Waals surface area contributed by atoms with E-state index >= 15 is 0 Å². The average molecular weight is 180 g/mol. The lowest BCUT2D eigenvalue weighted by atomic mass is 10.0. The second-order valence-electron chi connectivity index (χ2n) is 5.33. The molecule has 3 fully saturated rings. The fourth-order valence-electron chi connectivity index (χ4n) is 3.56. The molecule has 0 aromatic rings. The molecule has 0 amide bonds. The van der Waals surface area contributed by atoms with Crippen molar-refractivity contribution in [2.45, 2.75) is 50.6 Å². The van der Waals surface area contributed by atoms with Gasteiger partial charge >= 0.3 is 0 Å². The standard InChI is InChI=1S/C11H20N2/c12-9-3-6-13(8-9)10-7-11(10)4-1-2-5-11/h9-10H,1-8,12H2. The molecule has 1 saturated heterocycles. The van der Waals surface area contributed by atoms with Crippen LogP contribution >= 0.6 is 0 Å². The first kappa shape index (κ1) is 8.25. The lowest BCUT2D eigenvalue weighted by Crippen LogP contribution is -2.30. The van der Waals surface area contributed by atoms with E-state index in [9.17, 15) is 0 Å². The van der Waals surface area contributed by atoms with Crippen LogP contribution in [0.15, 0.2) is 0 Å². The van der Waals surface area contributed by atoms with Crippen LogP contribution in [0.4, 0.5) is 0 Å². The van der Waals surface area contributed by atoms with Gasteiger partial charge in [0.15, 0.2) is 0 Å². The van der Waals surface area contributed by atoms with Crippen molar-refractivity contribution in [2.24, 2.45) is 11.1 Å². The van der Waals surface area contributed by atoms with Gasteiger partial charge in [0, 0.05) is 25.2 Å². The summed E-state index contributed by atoms with van der Waals surface area (Å²) in [6.45, 7) is 2.44. The van der Waals surface area contributed by atoms with E-state index in [1.54, 1.807) is 0 Å². The molecular weight excluding hydrogens is 160 g/mol. The molecule has 2 nitrogen and oxygen atoms in total. The topological polar surface area (TPSA) is 29.3 Å². The maximum absolute atomic E-state index is 5.94. The van der Waals surface area contributed by atoms with Gasteiger partial charge in [-0.3, -0.25) is 4.90 Å². The van der Waals surface area contributed by atoms with Crippen molar-refractivity contribution < 1.29 is 0 Å². The Kier molecular flexibility index (Phi) is 1.72. The van der Waals surface area contributed by atoms with Gasteiger partial charge in [-0.2, -0.15) is 0 Å². The van der Waals surface area contributed by atoms with Gasteiger partial charge < -0.3 is 5.73 Å². The van der Waals surface area contributed by atoms with E-state index in [0.717, 1.165) is 11.5 Å². The summed E-state index contributed by atoms with van der Waals surface area (Å²) in [6, 6.07) is 1.41. The highest BCUT2D eigenvalue weighted by atomic mass is 15.2. The van der Waals surface area contributed by atoms with E-state index in [1.807, 2.05) is 0 Å². The molecular formula is C11H20N2. The third-order valence-corrected chi connectivity index (χ3v) is 4.44. The molecule has 2 unspecified atom stereocenters. The summed E-state index contributed by atoms with van der Waals surface area (Å²) in [5.41, 5.74) is 6.72. The Labute approximate surface area is 80.5 Å². The summed E-state index contributed by atoms with van der Waals surface area (Å²) in [5.74, 6) is 0. The molecule has 0 bridgehead atoms. The second-order valence-corrected chi connectivity index (χ2v) is 5.33. The Hall–Kier alpha value is -0.0800. The Morgan fingerprint density at radius 3 is 2.62 bits per heavy atom. The fraction of sp³-hybridized carbons (Fsp3) is 1.00. The summed E-state index contributed by atoms with van der Waals surface area (Å²) in [6.07, 6.45) is 8.69. The number of hydrogen-bond donors (Lipinski definition) is 1. The maximum atomic E-state index is 5.94. The van der Waals surface area contributed by atoms with Crippen LogP contribution in [0.5, 0.6) is 0 Å². The van der Waals surface area contributed by atoms with Crippen LogP contribution in [0, 0.1) is 5.41 Å². The zero-order valence-corrected chi connectivity index (χ0v) is 8.34. The molecule has 74 valence electrons. The van der Waals surface area contributed by atoms with Crippen molar-refractivity contribution in [1.82, 2.24) is 4.90 Å². The van der Waals surface area contributed by atoms with Crippen LogP contribution in [0.1, 0.15) is 38.5 Å². The maximum Gasteiger partial charge on any atom is 0.0180 e. The Bertz CT molecular complexity index is 208. The number of rotatable bonds is 1. The molecule has 2 atom stereocenters. The molecule has 1 aliphatic heterocycles. The van der Waals surface area contributed by atoms with Crippen LogP contribution in [0.25, 0.3) is 0 Å². The molecule has 2 heteroatoms. The van der Waals surface area contributed by atoms with Crippen molar-refractivity contribution in [3.05, 3.63) is 0 Å². The van der Waals surface area contributed by atoms with E-state index in [2.05, 4.69) is 4.90 Å². The zero-order valence-electron chi connectivity index (χ0n) is 8.34. The van der Waals surface area contributed by atoms with Crippen LogP contribution < -0.4 is 5.73 Å². The average Bonchev–Trinajstić information content (AvgIpc) is 2.50. The minimum absolute atomic E-state index is 0.471. The van der Waals surface area contributed by atoms with Crippen molar-refractivity contribution in [1.29, 1.82) is 0 Å². The molecule has 0 aromatic heterocycles. The third-order valence-electron chi connectivity index (χ3n) is 4.44. The fourth-order valence-corrected chi connectivity index (χ4v) is 3.56. The minimum Gasteiger partial charge on any atom is -0.326 e. The quantitative estimate of drug-likeness (QED) is 0.660. The molecule has 0 radical (unpaired) electrons. The highest BCUT2D eigenvalue weighted by molar-refractivity contribution is 5.11. The largest absolute Gasteiger partial charge is 0.326 e. The van der Waals surface area contributed by atoms with Gasteiger partial charge in [0.25, 0.3) is 0 Å². The molecule has 2 N–H and O–H groups in total. The SMILES string of the molecule is NC1CCN(C2CC23CCCC3)C1. The smallest absolute Gasteiger partial charge is 0.0180 e. The van der Waals surface area contributed by atoms with E-state index in [1.165, 1.54) is 51.6 Å². The Morgan fingerprint density at radius 1 is 1.23 bits per heavy atom. The molecule has 3 aliphatic rings. The van der Waals surface area contributed by atoms with Crippen molar-refractivity contribution in [3.63, 3.8) is 0 Å². The van der Waals surface area contributed by atoms with Crippen molar-refractivity contribution >= 4 is 0 Å². The molecule has 3 rings (SSSR count). The summed E-state index contributed by atoms with van der Waals surface area (Å²) in [5, 5.41) is 0. The predicted molar refractivity (Wildman–Crippen MR) is 53.5 cm³/mol. The molecule has 1 heterocycles. The summed E-state index contributed by atoms with van der Waals surface area (Å²) >= 11 is 0. The van der Waals surface area contributed by atoms with Crippen molar-refractivity contribution in [2.75, 3.05) is 13.1 Å². The van der Waals surface area contributed by atoms with Gasteiger partial charge in [0.05, 0.1) is 0 Å². The first-order valence-corrected chi connectivity index (χ1v) is 5.80. The van der Waals surface area contributed by atoms with E-state index in [0.29, 0.717) is 6.04 Å². The van der Waals surface area contributed by atoms with Gasteiger partial charge in [-0.25, -0.2) is 0 Å². The first-order chi connectivity index (χ1) is 6.30. The van der Waals surface area contributed by atoms with Gasteiger partial charge in [0.1, 0.15) is 0 Å². The number of likely N-dealkylation sites (tertiary alicyclic amines) is 1. The molecule has 0 aromatic carbocycles. The summed E-state index contributed by atoms with van der Waals surface area (Å²) in [7, 11) is 0. The second kappa shape index (κ2) is 2.71. The third kappa shape index (κ3) is 1.23. The summed E-state index contributed by atoms with van der Waals surface area (Å²) in [4.78, 5) is 2.66. The molecule has 2 saturated carbocycles. The van der Waals surface area contributed by atoms with E-state index < -0.39 is 0 Å². The van der Waals surface area contributed by atoms with Gasteiger partial charge in [-0.15, -0.1) is 0 Å². The summed E-state index contributed by atoms with van der Waals surface area (Å²) < 4.78 is 0. The normalized spacial score (nSPS) is 43.2. The van der Waals surface area contributed by atoms with Crippen LogP contribution in [-0.2, 0) is 0 Å². The van der Waals surface area contributed by atoms with Gasteiger partial charge in [-0.05, 0) is 31.1 Å². The van der Waals surface area contributed by atoms with Gasteiger partial charge in [0.2, 0.25) is 0 Å². The Morgan fingerprint density at radius 2 is 2.00 bits per heavy atom. The highest BCUT2D eigenvalue weighted by Crippen LogP contribution is 2.60. The van der Waals surface area contributed by atoms with Crippen molar-refractivity contribution in [3.8, 4) is 0 Å². The van der Waals surface area contributed by atoms with E-state index in [-0.39, 0.29) is 0 Å². The minimum atomic E-state index is 0.471. The monoisotopic (exact) mass is 180 g/mol. The molecule has 2 aliphatic carbocycles. The molecule has 1 spiro atoms. The highest BCUT2D eigenvalue weighted by Gasteiger charge is 2.57. The number of nitrogens with zero attached hydrogens (tertiary/aromatic N) is 1.